The van der Waals surface area contributed by atoms with Crippen LogP contribution in [0.15, 0.2) is 32.0 Å². The first-order valence-electron chi connectivity index (χ1n) is 13.2. The summed E-state index contributed by atoms with van der Waals surface area (Å²) in [5.41, 5.74) is -0.310. The van der Waals surface area contributed by atoms with Gasteiger partial charge in [0.05, 0.1) is 16.7 Å². The predicted molar refractivity (Wildman–Crippen MR) is 172 cm³/mol. The lowest BCUT2D eigenvalue weighted by atomic mass is 9.89. The number of hydrogen-bond acceptors (Lipinski definition) is 6. The van der Waals surface area contributed by atoms with Crippen LogP contribution in [0.1, 0.15) is 54.4 Å². The maximum Gasteiger partial charge on any atom is 0.329 e. The molecule has 2 aromatic heterocycles. The normalized spacial score (nSPS) is 11.9. The highest BCUT2D eigenvalue weighted by Crippen LogP contribution is 2.24. The molecular weight excluding hydrogens is 573 g/mol. The average Bonchev–Trinajstić information content (AvgIpc) is 3.27. The van der Waals surface area contributed by atoms with Crippen LogP contribution in [0.25, 0.3) is 0 Å². The van der Waals surface area contributed by atoms with Gasteiger partial charge in [0.2, 0.25) is 0 Å². The molecule has 0 aliphatic carbocycles. The Kier molecular flexibility index (Phi) is 12.5. The first-order chi connectivity index (χ1) is 18.2. The average molecular weight is 617 g/mol. The van der Waals surface area contributed by atoms with E-state index in [0.717, 1.165) is 12.8 Å². The molecule has 0 aliphatic heterocycles. The van der Waals surface area contributed by atoms with Crippen LogP contribution in [0.4, 0.5) is 0 Å². The summed E-state index contributed by atoms with van der Waals surface area (Å²) in [4.78, 5) is 24.9. The smallest absolute Gasteiger partial charge is 0.329 e. The quantitative estimate of drug-likeness (QED) is 0.110. The van der Waals surface area contributed by atoms with Gasteiger partial charge in [-0.15, -0.1) is 25.3 Å². The molecule has 0 atom stereocenters. The van der Waals surface area contributed by atoms with Crippen LogP contribution in [0.5, 0.6) is 0 Å². The molecule has 39 heavy (non-hydrogen) atoms. The Morgan fingerprint density at radius 3 is 1.41 bits per heavy atom. The summed E-state index contributed by atoms with van der Waals surface area (Å²) >= 11 is 19.7. The third-order valence-electron chi connectivity index (χ3n) is 6.58. The van der Waals surface area contributed by atoms with Crippen molar-refractivity contribution in [3.8, 4) is 0 Å². The number of aryl methyl sites for hydroxylation is 2. The van der Waals surface area contributed by atoms with E-state index < -0.39 is 0 Å². The standard InChI is InChI=1S/C25H44N8O2S4/c1-7-30-13-18(36)32(22(30)34)15-24(3,4)9-11-26-20(38)28-17-29-21(39)27-12-10-25(5,6)16-33-19(37)14-31(8-2)23(33)35/h13-14,36-37H,7-12,15-17H2,1-6H3,(H2,26,28,38)(H2,27,29,39). The Morgan fingerprint density at radius 1 is 0.744 bits per heavy atom. The van der Waals surface area contributed by atoms with Gasteiger partial charge in [-0.1, -0.05) is 27.7 Å². The first-order valence-corrected chi connectivity index (χ1v) is 14.9. The summed E-state index contributed by atoms with van der Waals surface area (Å²) in [6.45, 7) is 16.5. The SMILES string of the molecule is CCn1cc(S)n(CC(C)(C)CCNC(=S)NCNC(=S)NCCC(C)(C)Cn2c(S)cn(CC)c2=O)c1=O. The van der Waals surface area contributed by atoms with Crippen molar-refractivity contribution < 1.29 is 0 Å². The summed E-state index contributed by atoms with van der Waals surface area (Å²) in [7, 11) is 0. The minimum Gasteiger partial charge on any atom is -0.363 e. The van der Waals surface area contributed by atoms with Crippen LogP contribution in [-0.2, 0) is 26.2 Å². The van der Waals surface area contributed by atoms with Gasteiger partial charge in [0.15, 0.2) is 10.2 Å². The number of thiocarbonyl (C=S) groups is 2. The fraction of sp³-hybridized carbons (Fsp3) is 0.680. The van der Waals surface area contributed by atoms with E-state index in [1.807, 2.05) is 13.8 Å². The highest BCUT2D eigenvalue weighted by Gasteiger charge is 2.23. The van der Waals surface area contributed by atoms with Gasteiger partial charge >= 0.3 is 11.4 Å². The maximum atomic E-state index is 12.5. The number of rotatable bonds is 14. The van der Waals surface area contributed by atoms with E-state index >= 15 is 0 Å². The van der Waals surface area contributed by atoms with Crippen LogP contribution in [0.2, 0.25) is 0 Å². The van der Waals surface area contributed by atoms with E-state index in [2.05, 4.69) is 74.2 Å². The number of hydrogen-bond donors (Lipinski definition) is 6. The van der Waals surface area contributed by atoms with Gasteiger partial charge in [0, 0.05) is 51.7 Å². The van der Waals surface area contributed by atoms with Crippen molar-refractivity contribution in [3.63, 3.8) is 0 Å². The van der Waals surface area contributed by atoms with Crippen LogP contribution in [0.3, 0.4) is 0 Å². The zero-order chi connectivity index (χ0) is 29.4. The molecular formula is C25H44N8O2S4. The molecule has 0 bridgehead atoms. The highest BCUT2D eigenvalue weighted by molar-refractivity contribution is 7.80. The topological polar surface area (TPSA) is 102 Å². The van der Waals surface area contributed by atoms with E-state index in [4.69, 9.17) is 24.4 Å². The van der Waals surface area contributed by atoms with Gasteiger partial charge in [0.1, 0.15) is 0 Å². The molecule has 0 radical (unpaired) electrons. The highest BCUT2D eigenvalue weighted by atomic mass is 32.1. The molecule has 0 unspecified atom stereocenters. The fourth-order valence-corrected chi connectivity index (χ4v) is 5.10. The number of imidazole rings is 2. The number of nitrogens with zero attached hydrogens (tertiary/aromatic N) is 4. The summed E-state index contributed by atoms with van der Waals surface area (Å²) < 4.78 is 6.75. The largest absolute Gasteiger partial charge is 0.363 e. The van der Waals surface area contributed by atoms with Crippen molar-refractivity contribution >= 4 is 59.9 Å². The van der Waals surface area contributed by atoms with Gasteiger partial charge in [-0.2, -0.15) is 0 Å². The molecule has 2 heterocycles. The molecule has 10 nitrogen and oxygen atoms in total. The first kappa shape index (κ1) is 33.3. The molecule has 0 saturated carbocycles. The Hall–Kier alpha value is -1.90. The summed E-state index contributed by atoms with van der Waals surface area (Å²) in [5.74, 6) is 0. The Balaban J connectivity index is 1.66. The number of aromatic nitrogens is 4. The molecule has 2 aromatic rings. The van der Waals surface area contributed by atoms with Gasteiger partial charge in [-0.3, -0.25) is 18.3 Å². The lowest BCUT2D eigenvalue weighted by Gasteiger charge is -2.26. The van der Waals surface area contributed by atoms with Crippen LogP contribution in [-0.4, -0.2) is 48.3 Å². The molecule has 0 aromatic carbocycles. The summed E-state index contributed by atoms with van der Waals surface area (Å²) in [6.07, 6.45) is 5.19. The fourth-order valence-electron chi connectivity index (χ4n) is 4.16. The van der Waals surface area contributed by atoms with Crippen molar-refractivity contribution in [2.24, 2.45) is 10.8 Å². The lowest BCUT2D eigenvalue weighted by molar-refractivity contribution is 0.270. The third kappa shape index (κ3) is 10.2. The van der Waals surface area contributed by atoms with E-state index in [9.17, 15) is 9.59 Å². The zero-order valence-electron chi connectivity index (χ0n) is 23.8. The van der Waals surface area contributed by atoms with Crippen molar-refractivity contribution in [1.82, 2.24) is 39.5 Å². The van der Waals surface area contributed by atoms with Crippen LogP contribution in [0, 0.1) is 10.8 Å². The van der Waals surface area contributed by atoms with Gasteiger partial charge < -0.3 is 21.3 Å². The predicted octanol–water partition coefficient (Wildman–Crippen LogP) is 2.65. The Morgan fingerprint density at radius 2 is 1.10 bits per heavy atom. The molecule has 0 spiro atoms. The lowest BCUT2D eigenvalue weighted by Crippen LogP contribution is -2.46. The van der Waals surface area contributed by atoms with Gasteiger partial charge in [-0.05, 0) is 62.0 Å². The minimum absolute atomic E-state index is 0.0334. The molecule has 2 rings (SSSR count). The molecule has 220 valence electrons. The van der Waals surface area contributed by atoms with E-state index in [1.54, 1.807) is 30.7 Å². The van der Waals surface area contributed by atoms with Crippen molar-refractivity contribution in [2.45, 2.75) is 90.6 Å². The zero-order valence-corrected chi connectivity index (χ0v) is 27.3. The Bertz CT molecular complexity index is 1150. The van der Waals surface area contributed by atoms with Crippen molar-refractivity contribution in [3.05, 3.63) is 33.4 Å². The molecule has 4 N–H and O–H groups in total. The van der Waals surface area contributed by atoms with E-state index in [0.29, 0.717) is 66.2 Å². The second-order valence-corrected chi connectivity index (χ2v) is 12.9. The molecule has 0 amide bonds. The van der Waals surface area contributed by atoms with E-state index in [-0.39, 0.29) is 22.2 Å². The van der Waals surface area contributed by atoms with Gasteiger partial charge in [-0.25, -0.2) is 9.59 Å². The second kappa shape index (κ2) is 14.6. The molecule has 0 saturated heterocycles. The third-order valence-corrected chi connectivity index (χ3v) is 7.87. The van der Waals surface area contributed by atoms with Crippen LogP contribution < -0.4 is 32.6 Å². The van der Waals surface area contributed by atoms with E-state index in [1.165, 1.54) is 0 Å². The van der Waals surface area contributed by atoms with Crippen LogP contribution >= 0.6 is 49.7 Å². The molecule has 0 aliphatic rings. The molecule has 0 fully saturated rings. The maximum absolute atomic E-state index is 12.5. The van der Waals surface area contributed by atoms with Crippen molar-refractivity contribution in [1.29, 1.82) is 0 Å². The monoisotopic (exact) mass is 616 g/mol. The second-order valence-electron chi connectivity index (χ2n) is 11.2. The summed E-state index contributed by atoms with van der Waals surface area (Å²) in [5, 5.41) is 15.0. The number of nitrogens with one attached hydrogen (secondary N) is 4. The Labute approximate surface area is 253 Å². The van der Waals surface area contributed by atoms with Gasteiger partial charge in [0.25, 0.3) is 0 Å². The molecule has 14 heteroatoms. The number of thiol groups is 2. The minimum atomic E-state index is -0.122. The van der Waals surface area contributed by atoms with Crippen molar-refractivity contribution in [2.75, 3.05) is 19.8 Å². The summed E-state index contributed by atoms with van der Waals surface area (Å²) in [6, 6.07) is 0.